The molecule has 0 spiro atoms. The molecular weight excluding hydrogens is 364 g/mol. The SMILES string of the molecule is Cc1cc([N+](=O)[O-])ccc1S(=O)(=O)Nc1cnc(Br)cn1. The molecule has 2 rings (SSSR count). The molecule has 1 heterocycles. The third-order valence-electron chi connectivity index (χ3n) is 2.52. The lowest BCUT2D eigenvalue weighted by Crippen LogP contribution is -2.15. The molecule has 0 atom stereocenters. The van der Waals surface area contributed by atoms with E-state index >= 15 is 0 Å². The fraction of sp³-hybridized carbons (Fsp3) is 0.0909. The Morgan fingerprint density at radius 1 is 1.29 bits per heavy atom. The van der Waals surface area contributed by atoms with E-state index in [-0.39, 0.29) is 22.0 Å². The molecule has 0 fully saturated rings. The molecule has 0 unspecified atom stereocenters. The Kier molecular flexibility index (Phi) is 4.19. The van der Waals surface area contributed by atoms with Crippen molar-refractivity contribution >= 4 is 37.5 Å². The largest absolute Gasteiger partial charge is 0.269 e. The van der Waals surface area contributed by atoms with Gasteiger partial charge in [0, 0.05) is 12.1 Å². The van der Waals surface area contributed by atoms with Gasteiger partial charge in [0.05, 0.1) is 22.2 Å². The number of sulfonamides is 1. The number of hydrogen-bond donors (Lipinski definition) is 1. The Bertz CT molecular complexity index is 792. The summed E-state index contributed by atoms with van der Waals surface area (Å²) < 4.78 is 27.2. The monoisotopic (exact) mass is 372 g/mol. The zero-order valence-corrected chi connectivity index (χ0v) is 13.1. The molecule has 0 aliphatic carbocycles. The van der Waals surface area contributed by atoms with E-state index in [0.717, 1.165) is 6.07 Å². The average molecular weight is 373 g/mol. The molecule has 0 bridgehead atoms. The molecular formula is C11H9BrN4O4S. The van der Waals surface area contributed by atoms with Gasteiger partial charge in [-0.1, -0.05) is 0 Å². The lowest BCUT2D eigenvalue weighted by atomic mass is 10.2. The van der Waals surface area contributed by atoms with E-state index in [1.54, 1.807) is 0 Å². The fourth-order valence-corrected chi connectivity index (χ4v) is 3.03. The number of nitrogens with one attached hydrogen (secondary N) is 1. The average Bonchev–Trinajstić information content (AvgIpc) is 2.40. The standard InChI is InChI=1S/C11H9BrN4O4S/c1-7-4-8(16(17)18)2-3-9(7)21(19,20)15-11-6-13-10(12)5-14-11/h2-6H,1H3,(H,14,15). The van der Waals surface area contributed by atoms with Crippen molar-refractivity contribution in [2.24, 2.45) is 0 Å². The van der Waals surface area contributed by atoms with Crippen LogP contribution >= 0.6 is 15.9 Å². The number of nitro benzene ring substituents is 1. The van der Waals surface area contributed by atoms with E-state index in [1.807, 2.05) is 0 Å². The van der Waals surface area contributed by atoms with Crippen molar-refractivity contribution in [2.75, 3.05) is 4.72 Å². The smallest absolute Gasteiger partial charge is 0.262 e. The molecule has 1 aromatic heterocycles. The van der Waals surface area contributed by atoms with E-state index in [0.29, 0.717) is 4.60 Å². The number of halogens is 1. The number of benzene rings is 1. The van der Waals surface area contributed by atoms with Crippen LogP contribution in [0.15, 0.2) is 40.1 Å². The summed E-state index contributed by atoms with van der Waals surface area (Å²) in [6.45, 7) is 1.48. The highest BCUT2D eigenvalue weighted by molar-refractivity contribution is 9.10. The van der Waals surface area contributed by atoms with Crippen molar-refractivity contribution in [3.63, 3.8) is 0 Å². The lowest BCUT2D eigenvalue weighted by molar-refractivity contribution is -0.385. The first-order valence-electron chi connectivity index (χ1n) is 5.55. The van der Waals surface area contributed by atoms with Crippen LogP contribution in [0.4, 0.5) is 11.5 Å². The summed E-state index contributed by atoms with van der Waals surface area (Å²) in [5.41, 5.74) is 0.0941. The van der Waals surface area contributed by atoms with Gasteiger partial charge in [-0.25, -0.2) is 18.4 Å². The molecule has 0 saturated heterocycles. The summed E-state index contributed by atoms with van der Waals surface area (Å²) in [7, 11) is -3.89. The van der Waals surface area contributed by atoms with Crippen LogP contribution in [0.25, 0.3) is 0 Å². The van der Waals surface area contributed by atoms with E-state index in [2.05, 4.69) is 30.6 Å². The summed E-state index contributed by atoms with van der Waals surface area (Å²) in [6.07, 6.45) is 2.60. The van der Waals surface area contributed by atoms with Gasteiger partial charge in [-0.05, 0) is 34.5 Å². The van der Waals surface area contributed by atoms with Crippen LogP contribution in [-0.4, -0.2) is 23.3 Å². The van der Waals surface area contributed by atoms with Crippen molar-refractivity contribution in [1.82, 2.24) is 9.97 Å². The van der Waals surface area contributed by atoms with E-state index in [4.69, 9.17) is 0 Å². The van der Waals surface area contributed by atoms with Gasteiger partial charge in [-0.3, -0.25) is 14.8 Å². The lowest BCUT2D eigenvalue weighted by Gasteiger charge is -2.09. The highest BCUT2D eigenvalue weighted by Gasteiger charge is 2.20. The molecule has 1 aromatic carbocycles. The third-order valence-corrected chi connectivity index (χ3v) is 4.44. The van der Waals surface area contributed by atoms with Gasteiger partial charge in [0.2, 0.25) is 0 Å². The van der Waals surface area contributed by atoms with Crippen LogP contribution in [0, 0.1) is 17.0 Å². The van der Waals surface area contributed by atoms with Crippen LogP contribution < -0.4 is 4.72 Å². The summed E-state index contributed by atoms with van der Waals surface area (Å²) in [5.74, 6) is 0.0518. The van der Waals surface area contributed by atoms with Crippen LogP contribution in [0.2, 0.25) is 0 Å². The molecule has 0 amide bonds. The molecule has 1 N–H and O–H groups in total. The summed E-state index contributed by atoms with van der Waals surface area (Å²) >= 11 is 3.09. The minimum absolute atomic E-state index is 0.0518. The molecule has 0 radical (unpaired) electrons. The van der Waals surface area contributed by atoms with Crippen LogP contribution in [-0.2, 0) is 10.0 Å². The van der Waals surface area contributed by atoms with Crippen molar-refractivity contribution in [1.29, 1.82) is 0 Å². The van der Waals surface area contributed by atoms with E-state index in [9.17, 15) is 18.5 Å². The normalized spacial score (nSPS) is 11.1. The summed E-state index contributed by atoms with van der Waals surface area (Å²) in [5, 5.41) is 10.7. The Hall–Kier alpha value is -2.07. The van der Waals surface area contributed by atoms with Crippen LogP contribution in [0.5, 0.6) is 0 Å². The maximum absolute atomic E-state index is 12.2. The second-order valence-electron chi connectivity index (χ2n) is 4.04. The van der Waals surface area contributed by atoms with E-state index in [1.165, 1.54) is 31.5 Å². The van der Waals surface area contributed by atoms with Gasteiger partial charge in [0.25, 0.3) is 15.7 Å². The Labute approximate surface area is 128 Å². The minimum atomic E-state index is -3.89. The first-order valence-corrected chi connectivity index (χ1v) is 7.82. The number of hydrogen-bond acceptors (Lipinski definition) is 6. The predicted molar refractivity (Wildman–Crippen MR) is 78.4 cm³/mol. The van der Waals surface area contributed by atoms with Gasteiger partial charge in [0.1, 0.15) is 4.60 Å². The van der Waals surface area contributed by atoms with Gasteiger partial charge in [0.15, 0.2) is 5.82 Å². The van der Waals surface area contributed by atoms with Gasteiger partial charge < -0.3 is 0 Å². The molecule has 8 nitrogen and oxygen atoms in total. The number of non-ortho nitro benzene ring substituents is 1. The molecule has 21 heavy (non-hydrogen) atoms. The minimum Gasteiger partial charge on any atom is -0.262 e. The quantitative estimate of drug-likeness (QED) is 0.649. The predicted octanol–water partition coefficient (Wildman–Crippen LogP) is 2.26. The highest BCUT2D eigenvalue weighted by Crippen LogP contribution is 2.22. The van der Waals surface area contributed by atoms with Gasteiger partial charge in [-0.15, -0.1) is 0 Å². The number of nitro groups is 1. The molecule has 0 saturated carbocycles. The number of rotatable bonds is 4. The maximum Gasteiger partial charge on any atom is 0.269 e. The van der Waals surface area contributed by atoms with E-state index < -0.39 is 14.9 Å². The first kappa shape index (κ1) is 15.3. The van der Waals surface area contributed by atoms with Crippen molar-refractivity contribution in [3.8, 4) is 0 Å². The van der Waals surface area contributed by atoms with Gasteiger partial charge >= 0.3 is 0 Å². The summed E-state index contributed by atoms with van der Waals surface area (Å²) in [4.78, 5) is 17.7. The molecule has 0 aliphatic heterocycles. The van der Waals surface area contributed by atoms with Crippen molar-refractivity contribution < 1.29 is 13.3 Å². The third kappa shape index (κ3) is 3.52. The Morgan fingerprint density at radius 3 is 2.52 bits per heavy atom. The second-order valence-corrected chi connectivity index (χ2v) is 6.50. The van der Waals surface area contributed by atoms with Crippen LogP contribution in [0.3, 0.4) is 0 Å². The number of aryl methyl sites for hydroxylation is 1. The topological polar surface area (TPSA) is 115 Å². The van der Waals surface area contributed by atoms with Crippen molar-refractivity contribution in [3.05, 3.63) is 50.9 Å². The fourth-order valence-electron chi connectivity index (χ4n) is 1.61. The number of anilines is 1. The van der Waals surface area contributed by atoms with Gasteiger partial charge in [-0.2, -0.15) is 0 Å². The molecule has 110 valence electrons. The summed E-state index contributed by atoms with van der Waals surface area (Å²) in [6, 6.07) is 3.51. The molecule has 2 aromatic rings. The van der Waals surface area contributed by atoms with Crippen LogP contribution in [0.1, 0.15) is 5.56 Å². The number of nitrogens with zero attached hydrogens (tertiary/aromatic N) is 3. The molecule has 0 aliphatic rings. The molecule has 10 heteroatoms. The first-order chi connectivity index (χ1) is 9.79. The maximum atomic E-state index is 12.2. The second kappa shape index (κ2) is 5.74. The zero-order valence-electron chi connectivity index (χ0n) is 10.6. The Morgan fingerprint density at radius 2 is 2.00 bits per heavy atom. The highest BCUT2D eigenvalue weighted by atomic mass is 79.9. The van der Waals surface area contributed by atoms with Crippen molar-refractivity contribution in [2.45, 2.75) is 11.8 Å². The Balaban J connectivity index is 2.35. The number of aromatic nitrogens is 2. The zero-order chi connectivity index (χ0) is 15.6.